The molecule has 2 rings (SSSR count). The Morgan fingerprint density at radius 3 is 2.50 bits per heavy atom. The van der Waals surface area contributed by atoms with Crippen molar-refractivity contribution in [2.75, 3.05) is 12.3 Å². The smallest absolute Gasteiger partial charge is 0.226 e. The highest BCUT2D eigenvalue weighted by molar-refractivity contribution is 7.99. The fraction of sp³-hybridized carbons (Fsp3) is 0.533. The molecule has 1 aliphatic rings. The van der Waals surface area contributed by atoms with Gasteiger partial charge in [-0.15, -0.1) is 11.8 Å². The lowest BCUT2D eigenvalue weighted by Gasteiger charge is -2.23. The summed E-state index contributed by atoms with van der Waals surface area (Å²) in [5.41, 5.74) is -0.658. The molecule has 0 radical (unpaired) electrons. The van der Waals surface area contributed by atoms with Crippen LogP contribution < -0.4 is 5.32 Å². The highest BCUT2D eigenvalue weighted by Gasteiger charge is 2.30. The second-order valence-corrected chi connectivity index (χ2v) is 6.86. The van der Waals surface area contributed by atoms with E-state index in [4.69, 9.17) is 0 Å². The van der Waals surface area contributed by atoms with Crippen molar-refractivity contribution in [3.63, 3.8) is 0 Å². The van der Waals surface area contributed by atoms with Gasteiger partial charge in [0, 0.05) is 12.3 Å². The van der Waals surface area contributed by atoms with E-state index in [1.54, 1.807) is 13.8 Å². The lowest BCUT2D eigenvalue weighted by Crippen LogP contribution is -2.39. The minimum atomic E-state index is -0.658. The van der Waals surface area contributed by atoms with E-state index in [0.29, 0.717) is 18.2 Å². The van der Waals surface area contributed by atoms with E-state index in [9.17, 15) is 13.6 Å². The van der Waals surface area contributed by atoms with Crippen LogP contribution in [0.15, 0.2) is 23.1 Å². The van der Waals surface area contributed by atoms with Crippen molar-refractivity contribution in [3.8, 4) is 0 Å². The number of hydrogen-bond acceptors (Lipinski definition) is 2. The third kappa shape index (κ3) is 3.95. The molecule has 1 amide bonds. The van der Waals surface area contributed by atoms with Crippen LogP contribution in [0.5, 0.6) is 0 Å². The predicted octanol–water partition coefficient (Wildman–Crippen LogP) is 3.61. The Kier molecular flexibility index (Phi) is 4.68. The molecule has 0 saturated heterocycles. The predicted molar refractivity (Wildman–Crippen MR) is 76.6 cm³/mol. The minimum absolute atomic E-state index is 0.0180. The van der Waals surface area contributed by atoms with Crippen molar-refractivity contribution in [1.82, 2.24) is 5.32 Å². The quantitative estimate of drug-likeness (QED) is 0.813. The van der Waals surface area contributed by atoms with E-state index in [-0.39, 0.29) is 10.8 Å². The number of carbonyl (C=O) groups is 1. The zero-order valence-electron chi connectivity index (χ0n) is 11.7. The van der Waals surface area contributed by atoms with Crippen LogP contribution in [0.4, 0.5) is 8.78 Å². The Hall–Kier alpha value is -1.10. The highest BCUT2D eigenvalue weighted by atomic mass is 32.2. The zero-order chi connectivity index (χ0) is 14.8. The molecule has 5 heteroatoms. The number of thioether (sulfide) groups is 1. The Bertz CT molecular complexity index is 480. The van der Waals surface area contributed by atoms with E-state index in [0.717, 1.165) is 11.8 Å². The molecule has 1 aromatic rings. The summed E-state index contributed by atoms with van der Waals surface area (Å²) in [6, 6.07) is 3.79. The molecule has 0 aliphatic heterocycles. The van der Waals surface area contributed by atoms with Gasteiger partial charge >= 0.3 is 0 Å². The van der Waals surface area contributed by atoms with Crippen LogP contribution in [0.3, 0.4) is 0 Å². The number of amides is 1. The summed E-state index contributed by atoms with van der Waals surface area (Å²) in [4.78, 5) is 12.1. The lowest BCUT2D eigenvalue weighted by molar-refractivity contribution is -0.128. The SMILES string of the molecule is CC(C)(CSc1c(F)cccc1F)C(=O)NCC1CC1. The number of benzene rings is 1. The number of hydrogen-bond donors (Lipinski definition) is 1. The Morgan fingerprint density at radius 1 is 1.35 bits per heavy atom. The van der Waals surface area contributed by atoms with Crippen molar-refractivity contribution in [2.24, 2.45) is 11.3 Å². The molecule has 0 aromatic heterocycles. The van der Waals surface area contributed by atoms with Crippen LogP contribution >= 0.6 is 11.8 Å². The maximum Gasteiger partial charge on any atom is 0.226 e. The average Bonchev–Trinajstić information content (AvgIpc) is 3.19. The first-order chi connectivity index (χ1) is 9.40. The third-order valence-electron chi connectivity index (χ3n) is 3.36. The molecule has 1 N–H and O–H groups in total. The molecule has 0 heterocycles. The van der Waals surface area contributed by atoms with Crippen LogP contribution in [-0.2, 0) is 4.79 Å². The Labute approximate surface area is 122 Å². The van der Waals surface area contributed by atoms with Crippen molar-refractivity contribution in [3.05, 3.63) is 29.8 Å². The Balaban J connectivity index is 1.91. The number of rotatable bonds is 6. The normalized spacial score (nSPS) is 15.2. The van der Waals surface area contributed by atoms with Gasteiger partial charge in [-0.3, -0.25) is 4.79 Å². The van der Waals surface area contributed by atoms with Gasteiger partial charge in [-0.2, -0.15) is 0 Å². The van der Waals surface area contributed by atoms with Crippen LogP contribution in [-0.4, -0.2) is 18.2 Å². The number of halogens is 2. The van der Waals surface area contributed by atoms with Crippen LogP contribution in [0.1, 0.15) is 26.7 Å². The summed E-state index contributed by atoms with van der Waals surface area (Å²) < 4.78 is 27.1. The van der Waals surface area contributed by atoms with Crippen LogP contribution in [0, 0.1) is 23.0 Å². The molecule has 0 unspecified atom stereocenters. The largest absolute Gasteiger partial charge is 0.355 e. The van der Waals surface area contributed by atoms with Gasteiger partial charge in [-0.05, 0) is 30.9 Å². The minimum Gasteiger partial charge on any atom is -0.355 e. The molecule has 1 fully saturated rings. The summed E-state index contributed by atoms with van der Waals surface area (Å²) in [5, 5.41) is 2.91. The summed E-state index contributed by atoms with van der Waals surface area (Å²) in [6.07, 6.45) is 2.35. The molecule has 2 nitrogen and oxygen atoms in total. The van der Waals surface area contributed by atoms with Gasteiger partial charge in [0.05, 0.1) is 10.3 Å². The zero-order valence-corrected chi connectivity index (χ0v) is 12.5. The second kappa shape index (κ2) is 6.12. The van der Waals surface area contributed by atoms with Gasteiger partial charge in [0.1, 0.15) is 11.6 Å². The molecular weight excluding hydrogens is 280 g/mol. The molecular formula is C15H19F2NOS. The third-order valence-corrected chi connectivity index (χ3v) is 4.90. The van der Waals surface area contributed by atoms with Gasteiger partial charge < -0.3 is 5.32 Å². The molecule has 1 aliphatic carbocycles. The molecule has 0 spiro atoms. The maximum absolute atomic E-state index is 13.5. The van der Waals surface area contributed by atoms with Gasteiger partial charge in [0.15, 0.2) is 0 Å². The van der Waals surface area contributed by atoms with E-state index in [1.165, 1.54) is 31.0 Å². The van der Waals surface area contributed by atoms with Crippen molar-refractivity contribution in [2.45, 2.75) is 31.6 Å². The first kappa shape index (κ1) is 15.3. The monoisotopic (exact) mass is 299 g/mol. The fourth-order valence-corrected chi connectivity index (χ4v) is 2.78. The molecule has 1 aromatic carbocycles. The second-order valence-electron chi connectivity index (χ2n) is 5.88. The summed E-state index contributed by atoms with van der Waals surface area (Å²) in [7, 11) is 0. The van der Waals surface area contributed by atoms with Gasteiger partial charge in [-0.25, -0.2) is 8.78 Å². The number of nitrogens with one attached hydrogen (secondary N) is 1. The number of carbonyl (C=O) groups excluding carboxylic acids is 1. The molecule has 1 saturated carbocycles. The maximum atomic E-state index is 13.5. The first-order valence-corrected chi connectivity index (χ1v) is 7.74. The average molecular weight is 299 g/mol. The summed E-state index contributed by atoms with van der Waals surface area (Å²) in [5.74, 6) is -0.269. The van der Waals surface area contributed by atoms with E-state index in [1.807, 2.05) is 0 Å². The van der Waals surface area contributed by atoms with Crippen LogP contribution in [0.25, 0.3) is 0 Å². The van der Waals surface area contributed by atoms with Crippen molar-refractivity contribution in [1.29, 1.82) is 0 Å². The van der Waals surface area contributed by atoms with Crippen LogP contribution in [0.2, 0.25) is 0 Å². The van der Waals surface area contributed by atoms with E-state index < -0.39 is 17.0 Å². The van der Waals surface area contributed by atoms with Gasteiger partial charge in [-0.1, -0.05) is 19.9 Å². The van der Waals surface area contributed by atoms with Gasteiger partial charge in [0.2, 0.25) is 5.91 Å². The summed E-state index contributed by atoms with van der Waals surface area (Å²) >= 11 is 1.05. The van der Waals surface area contributed by atoms with E-state index in [2.05, 4.69) is 5.32 Å². The standard InChI is InChI=1S/C15H19F2NOS/c1-15(2,14(19)18-8-10-6-7-10)9-20-13-11(16)4-3-5-12(13)17/h3-5,10H,6-9H2,1-2H3,(H,18,19). The van der Waals surface area contributed by atoms with Crippen molar-refractivity contribution < 1.29 is 13.6 Å². The fourth-order valence-electron chi connectivity index (χ4n) is 1.74. The molecule has 0 bridgehead atoms. The molecule has 20 heavy (non-hydrogen) atoms. The first-order valence-electron chi connectivity index (χ1n) is 6.75. The Morgan fingerprint density at radius 2 is 1.95 bits per heavy atom. The summed E-state index contributed by atoms with van der Waals surface area (Å²) in [6.45, 7) is 4.29. The highest BCUT2D eigenvalue weighted by Crippen LogP contribution is 2.32. The van der Waals surface area contributed by atoms with E-state index >= 15 is 0 Å². The van der Waals surface area contributed by atoms with Gasteiger partial charge in [0.25, 0.3) is 0 Å². The lowest BCUT2D eigenvalue weighted by atomic mass is 9.95. The topological polar surface area (TPSA) is 29.1 Å². The van der Waals surface area contributed by atoms with Crippen molar-refractivity contribution >= 4 is 17.7 Å². The molecule has 0 atom stereocenters. The molecule has 110 valence electrons.